The molecule has 0 amide bonds. The summed E-state index contributed by atoms with van der Waals surface area (Å²) in [6.07, 6.45) is 0.699. The molecule has 0 aliphatic carbocycles. The molecule has 0 saturated carbocycles. The van der Waals surface area contributed by atoms with Gasteiger partial charge < -0.3 is 5.11 Å². The standard InChI is InChI=1S/C12H14FNOS/c1-9(4-5-15)16-8-11-6-10(7-14)2-3-12(11)13/h2-3,6,9,15H,4-5,8H2,1H3. The molecule has 0 radical (unpaired) electrons. The van der Waals surface area contributed by atoms with Gasteiger partial charge in [0, 0.05) is 17.6 Å². The van der Waals surface area contributed by atoms with Crippen molar-refractivity contribution in [2.45, 2.75) is 24.3 Å². The number of aliphatic hydroxyl groups is 1. The Balaban J connectivity index is 2.63. The molecular weight excluding hydrogens is 225 g/mol. The van der Waals surface area contributed by atoms with Crippen LogP contribution in [0.1, 0.15) is 24.5 Å². The number of rotatable bonds is 5. The lowest BCUT2D eigenvalue weighted by Crippen LogP contribution is -2.00. The van der Waals surface area contributed by atoms with Crippen molar-refractivity contribution >= 4 is 11.8 Å². The fourth-order valence-electron chi connectivity index (χ4n) is 1.25. The number of aliphatic hydroxyl groups excluding tert-OH is 1. The van der Waals surface area contributed by atoms with Gasteiger partial charge in [0.1, 0.15) is 5.82 Å². The number of halogens is 1. The quantitative estimate of drug-likeness (QED) is 0.859. The van der Waals surface area contributed by atoms with Crippen LogP contribution in [0.4, 0.5) is 4.39 Å². The predicted octanol–water partition coefficient (Wildman–Crippen LogP) is 2.70. The molecule has 16 heavy (non-hydrogen) atoms. The van der Waals surface area contributed by atoms with Gasteiger partial charge in [-0.25, -0.2) is 4.39 Å². The molecule has 0 aliphatic heterocycles. The number of nitriles is 1. The van der Waals surface area contributed by atoms with Gasteiger partial charge in [-0.2, -0.15) is 17.0 Å². The van der Waals surface area contributed by atoms with E-state index < -0.39 is 0 Å². The van der Waals surface area contributed by atoms with Crippen LogP contribution in [0.15, 0.2) is 18.2 Å². The highest BCUT2D eigenvalue weighted by Crippen LogP contribution is 2.22. The fraction of sp³-hybridized carbons (Fsp3) is 0.417. The Labute approximate surface area is 99.1 Å². The van der Waals surface area contributed by atoms with Crippen molar-refractivity contribution in [3.63, 3.8) is 0 Å². The minimum Gasteiger partial charge on any atom is -0.396 e. The number of hydrogen-bond acceptors (Lipinski definition) is 3. The number of hydrogen-bond donors (Lipinski definition) is 1. The lowest BCUT2D eigenvalue weighted by atomic mass is 10.1. The zero-order valence-electron chi connectivity index (χ0n) is 9.11. The molecule has 1 aromatic rings. The molecular formula is C12H14FNOS. The number of thioether (sulfide) groups is 1. The zero-order chi connectivity index (χ0) is 12.0. The molecule has 1 rings (SSSR count). The van der Waals surface area contributed by atoms with Gasteiger partial charge in [0.05, 0.1) is 11.6 Å². The van der Waals surface area contributed by atoms with E-state index >= 15 is 0 Å². The summed E-state index contributed by atoms with van der Waals surface area (Å²) < 4.78 is 13.4. The summed E-state index contributed by atoms with van der Waals surface area (Å²) in [5.74, 6) is 0.255. The van der Waals surface area contributed by atoms with Gasteiger partial charge in [-0.1, -0.05) is 6.92 Å². The maximum atomic E-state index is 13.4. The fourth-order valence-corrected chi connectivity index (χ4v) is 2.21. The summed E-state index contributed by atoms with van der Waals surface area (Å²) in [5, 5.41) is 17.7. The minimum atomic E-state index is -0.275. The first kappa shape index (κ1) is 13.0. The summed E-state index contributed by atoms with van der Waals surface area (Å²) in [7, 11) is 0. The Bertz CT molecular complexity index is 389. The molecule has 0 aliphatic rings. The highest BCUT2D eigenvalue weighted by Gasteiger charge is 2.07. The van der Waals surface area contributed by atoms with Crippen LogP contribution in [0.5, 0.6) is 0 Å². The molecule has 1 atom stereocenters. The summed E-state index contributed by atoms with van der Waals surface area (Å²) in [4.78, 5) is 0. The van der Waals surface area contributed by atoms with Gasteiger partial charge in [0.2, 0.25) is 0 Å². The third kappa shape index (κ3) is 3.84. The molecule has 0 heterocycles. The van der Waals surface area contributed by atoms with E-state index in [0.717, 1.165) is 0 Å². The van der Waals surface area contributed by atoms with Crippen LogP contribution >= 0.6 is 11.8 Å². The number of benzene rings is 1. The predicted molar refractivity (Wildman–Crippen MR) is 63.6 cm³/mol. The Morgan fingerprint density at radius 1 is 1.56 bits per heavy atom. The highest BCUT2D eigenvalue weighted by molar-refractivity contribution is 7.99. The Morgan fingerprint density at radius 3 is 2.94 bits per heavy atom. The van der Waals surface area contributed by atoms with E-state index in [1.807, 2.05) is 13.0 Å². The molecule has 0 saturated heterocycles. The second-order valence-corrected chi connectivity index (χ2v) is 4.98. The highest BCUT2D eigenvalue weighted by atomic mass is 32.2. The molecule has 4 heteroatoms. The monoisotopic (exact) mass is 239 g/mol. The van der Waals surface area contributed by atoms with E-state index in [9.17, 15) is 4.39 Å². The van der Waals surface area contributed by atoms with Crippen LogP contribution in [0.3, 0.4) is 0 Å². The smallest absolute Gasteiger partial charge is 0.127 e. The lowest BCUT2D eigenvalue weighted by molar-refractivity contribution is 0.289. The van der Waals surface area contributed by atoms with E-state index in [-0.39, 0.29) is 17.7 Å². The first-order valence-electron chi connectivity index (χ1n) is 5.08. The van der Waals surface area contributed by atoms with Crippen LogP contribution in [-0.2, 0) is 5.75 Å². The molecule has 2 nitrogen and oxygen atoms in total. The first-order valence-corrected chi connectivity index (χ1v) is 6.13. The van der Waals surface area contributed by atoms with Gasteiger partial charge in [-0.3, -0.25) is 0 Å². The summed E-state index contributed by atoms with van der Waals surface area (Å²) in [5.41, 5.74) is 1.03. The summed E-state index contributed by atoms with van der Waals surface area (Å²) >= 11 is 1.58. The van der Waals surface area contributed by atoms with E-state index in [1.54, 1.807) is 17.8 Å². The van der Waals surface area contributed by atoms with Crippen molar-refractivity contribution in [2.75, 3.05) is 6.61 Å². The largest absolute Gasteiger partial charge is 0.396 e. The first-order chi connectivity index (χ1) is 7.67. The van der Waals surface area contributed by atoms with Crippen molar-refractivity contribution < 1.29 is 9.50 Å². The Morgan fingerprint density at radius 2 is 2.31 bits per heavy atom. The van der Waals surface area contributed by atoms with Crippen molar-refractivity contribution in [2.24, 2.45) is 0 Å². The minimum absolute atomic E-state index is 0.148. The summed E-state index contributed by atoms with van der Waals surface area (Å²) in [6, 6.07) is 6.37. The average Bonchev–Trinajstić information content (AvgIpc) is 2.28. The van der Waals surface area contributed by atoms with Crippen molar-refractivity contribution in [1.82, 2.24) is 0 Å². The van der Waals surface area contributed by atoms with E-state index in [0.29, 0.717) is 23.3 Å². The van der Waals surface area contributed by atoms with Crippen molar-refractivity contribution in [3.05, 3.63) is 35.1 Å². The van der Waals surface area contributed by atoms with Gasteiger partial charge in [-0.15, -0.1) is 0 Å². The van der Waals surface area contributed by atoms with Gasteiger partial charge in [0.15, 0.2) is 0 Å². The van der Waals surface area contributed by atoms with E-state index in [2.05, 4.69) is 0 Å². The second-order valence-electron chi connectivity index (χ2n) is 3.55. The third-order valence-corrected chi connectivity index (χ3v) is 3.52. The van der Waals surface area contributed by atoms with Gasteiger partial charge >= 0.3 is 0 Å². The van der Waals surface area contributed by atoms with Crippen LogP contribution < -0.4 is 0 Å². The van der Waals surface area contributed by atoms with Crippen molar-refractivity contribution in [1.29, 1.82) is 5.26 Å². The SMILES string of the molecule is CC(CCO)SCc1cc(C#N)ccc1F. The van der Waals surface area contributed by atoms with Crippen LogP contribution in [-0.4, -0.2) is 17.0 Å². The molecule has 0 spiro atoms. The molecule has 0 aromatic heterocycles. The van der Waals surface area contributed by atoms with E-state index in [1.165, 1.54) is 12.1 Å². The van der Waals surface area contributed by atoms with Crippen LogP contribution in [0.2, 0.25) is 0 Å². The maximum Gasteiger partial charge on any atom is 0.127 e. The molecule has 86 valence electrons. The Kier molecular flexibility index (Phi) is 5.30. The molecule has 1 N–H and O–H groups in total. The Hall–Kier alpha value is -1.05. The van der Waals surface area contributed by atoms with E-state index in [4.69, 9.17) is 10.4 Å². The topological polar surface area (TPSA) is 44.0 Å². The second kappa shape index (κ2) is 6.51. The zero-order valence-corrected chi connectivity index (χ0v) is 9.93. The number of nitrogens with zero attached hydrogens (tertiary/aromatic N) is 1. The lowest BCUT2D eigenvalue weighted by Gasteiger charge is -2.09. The summed E-state index contributed by atoms with van der Waals surface area (Å²) in [6.45, 7) is 2.14. The molecule has 1 aromatic carbocycles. The average molecular weight is 239 g/mol. The molecule has 0 bridgehead atoms. The maximum absolute atomic E-state index is 13.4. The van der Waals surface area contributed by atoms with Gasteiger partial charge in [-0.05, 0) is 30.2 Å². The van der Waals surface area contributed by atoms with Crippen molar-refractivity contribution in [3.8, 4) is 6.07 Å². The van der Waals surface area contributed by atoms with Crippen LogP contribution in [0.25, 0.3) is 0 Å². The molecule has 1 unspecified atom stereocenters. The third-order valence-electron chi connectivity index (χ3n) is 2.23. The van der Waals surface area contributed by atoms with Gasteiger partial charge in [0.25, 0.3) is 0 Å². The van der Waals surface area contributed by atoms with Crippen LogP contribution in [0, 0.1) is 17.1 Å². The normalized spacial score (nSPS) is 12.1. The molecule has 0 fully saturated rings.